The molecule has 0 bridgehead atoms. The minimum Gasteiger partial charge on any atom is -0.350 e. The fourth-order valence-corrected chi connectivity index (χ4v) is 1.05. The van der Waals surface area contributed by atoms with Crippen LogP contribution >= 0.6 is 0 Å². The molecule has 1 aromatic rings. The van der Waals surface area contributed by atoms with Gasteiger partial charge in [-0.1, -0.05) is 5.21 Å². The molecule has 6 nitrogen and oxygen atoms in total. The maximum Gasteiger partial charge on any atom is 0.390 e. The number of halogens is 3. The zero-order chi connectivity index (χ0) is 12.9. The summed E-state index contributed by atoms with van der Waals surface area (Å²) in [6.45, 7) is 0.243. The van der Waals surface area contributed by atoms with E-state index in [4.69, 9.17) is 5.73 Å². The van der Waals surface area contributed by atoms with Gasteiger partial charge in [0.1, 0.15) is 0 Å². The molecular weight excluding hydrogens is 239 g/mol. The third-order valence-electron chi connectivity index (χ3n) is 1.82. The SMILES string of the molecule is NCCn1cc(C(=O)NCCC(F)(F)F)nn1. The van der Waals surface area contributed by atoms with E-state index >= 15 is 0 Å². The van der Waals surface area contributed by atoms with E-state index in [0.717, 1.165) is 0 Å². The molecule has 1 aromatic heterocycles. The van der Waals surface area contributed by atoms with E-state index in [0.29, 0.717) is 13.1 Å². The summed E-state index contributed by atoms with van der Waals surface area (Å²) in [5, 5.41) is 9.21. The lowest BCUT2D eigenvalue weighted by atomic mass is 10.4. The maximum atomic E-state index is 11.8. The van der Waals surface area contributed by atoms with Gasteiger partial charge in [-0.3, -0.25) is 9.48 Å². The van der Waals surface area contributed by atoms with Crippen LogP contribution in [-0.2, 0) is 6.54 Å². The average Bonchev–Trinajstić information content (AvgIpc) is 2.65. The van der Waals surface area contributed by atoms with Gasteiger partial charge >= 0.3 is 6.18 Å². The third kappa shape index (κ3) is 4.81. The van der Waals surface area contributed by atoms with Gasteiger partial charge in [-0.15, -0.1) is 5.10 Å². The van der Waals surface area contributed by atoms with Crippen LogP contribution in [0.5, 0.6) is 0 Å². The molecule has 0 spiro atoms. The summed E-state index contributed by atoms with van der Waals surface area (Å²) in [5.41, 5.74) is 5.23. The van der Waals surface area contributed by atoms with Crippen molar-refractivity contribution in [1.82, 2.24) is 20.3 Å². The largest absolute Gasteiger partial charge is 0.390 e. The zero-order valence-corrected chi connectivity index (χ0v) is 8.87. The topological polar surface area (TPSA) is 85.8 Å². The number of amides is 1. The number of carbonyl (C=O) groups is 1. The van der Waals surface area contributed by atoms with Crippen molar-refractivity contribution in [3.8, 4) is 0 Å². The van der Waals surface area contributed by atoms with Crippen LogP contribution in [-0.4, -0.2) is 40.2 Å². The summed E-state index contributed by atoms with van der Waals surface area (Å²) in [4.78, 5) is 11.3. The fourth-order valence-electron chi connectivity index (χ4n) is 1.05. The van der Waals surface area contributed by atoms with Gasteiger partial charge in [-0.2, -0.15) is 13.2 Å². The van der Waals surface area contributed by atoms with Gasteiger partial charge in [0.15, 0.2) is 5.69 Å². The van der Waals surface area contributed by atoms with Crippen LogP contribution in [0.2, 0.25) is 0 Å². The lowest BCUT2D eigenvalue weighted by Gasteiger charge is -2.06. The molecule has 0 saturated heterocycles. The number of hydrogen-bond donors (Lipinski definition) is 2. The van der Waals surface area contributed by atoms with Crippen LogP contribution in [0.25, 0.3) is 0 Å². The monoisotopic (exact) mass is 251 g/mol. The first-order chi connectivity index (χ1) is 7.92. The molecule has 17 heavy (non-hydrogen) atoms. The van der Waals surface area contributed by atoms with E-state index < -0.39 is 25.0 Å². The molecule has 0 aliphatic heterocycles. The fraction of sp³-hybridized carbons (Fsp3) is 0.625. The minimum absolute atomic E-state index is 0.0272. The number of nitrogens with two attached hydrogens (primary N) is 1. The minimum atomic E-state index is -4.29. The van der Waals surface area contributed by atoms with Crippen LogP contribution in [0.3, 0.4) is 0 Å². The predicted molar refractivity (Wildman–Crippen MR) is 52.1 cm³/mol. The molecular formula is C8H12F3N5O. The summed E-state index contributed by atoms with van der Waals surface area (Å²) in [5.74, 6) is -0.683. The Kier molecular flexibility index (Phi) is 4.44. The van der Waals surface area contributed by atoms with Gasteiger partial charge in [0.25, 0.3) is 5.91 Å². The second-order valence-corrected chi connectivity index (χ2v) is 3.28. The molecule has 0 atom stereocenters. The Morgan fingerprint density at radius 3 is 2.82 bits per heavy atom. The highest BCUT2D eigenvalue weighted by Crippen LogP contribution is 2.18. The molecule has 0 aromatic carbocycles. The molecule has 0 saturated carbocycles. The van der Waals surface area contributed by atoms with Crippen molar-refractivity contribution >= 4 is 5.91 Å². The number of carbonyl (C=O) groups excluding carboxylic acids is 1. The summed E-state index contributed by atoms with van der Waals surface area (Å²) in [6.07, 6.45) is -4.03. The van der Waals surface area contributed by atoms with E-state index in [1.54, 1.807) is 0 Å². The van der Waals surface area contributed by atoms with Crippen LogP contribution in [0.1, 0.15) is 16.9 Å². The van der Waals surface area contributed by atoms with Crippen molar-refractivity contribution in [2.24, 2.45) is 5.73 Å². The third-order valence-corrected chi connectivity index (χ3v) is 1.82. The first-order valence-electron chi connectivity index (χ1n) is 4.87. The van der Waals surface area contributed by atoms with Gasteiger partial charge in [-0.05, 0) is 0 Å². The van der Waals surface area contributed by atoms with Crippen LogP contribution in [0.4, 0.5) is 13.2 Å². The quantitative estimate of drug-likeness (QED) is 0.766. The van der Waals surface area contributed by atoms with E-state index in [2.05, 4.69) is 15.6 Å². The molecule has 1 amide bonds. The number of hydrogen-bond acceptors (Lipinski definition) is 4. The van der Waals surface area contributed by atoms with E-state index in [9.17, 15) is 18.0 Å². The first-order valence-corrected chi connectivity index (χ1v) is 4.87. The average molecular weight is 251 g/mol. The molecule has 0 aliphatic rings. The molecule has 0 aliphatic carbocycles. The Morgan fingerprint density at radius 1 is 1.53 bits per heavy atom. The Morgan fingerprint density at radius 2 is 2.24 bits per heavy atom. The van der Waals surface area contributed by atoms with Gasteiger partial charge in [0.2, 0.25) is 0 Å². The Balaban J connectivity index is 2.41. The zero-order valence-electron chi connectivity index (χ0n) is 8.87. The molecule has 0 fully saturated rings. The highest BCUT2D eigenvalue weighted by molar-refractivity contribution is 5.91. The van der Waals surface area contributed by atoms with Crippen molar-refractivity contribution in [1.29, 1.82) is 0 Å². The van der Waals surface area contributed by atoms with Crippen molar-refractivity contribution in [2.75, 3.05) is 13.1 Å². The molecule has 0 unspecified atom stereocenters. The summed E-state index contributed by atoms with van der Waals surface area (Å²) in [7, 11) is 0. The molecule has 96 valence electrons. The molecule has 9 heteroatoms. The lowest BCUT2D eigenvalue weighted by molar-refractivity contribution is -0.132. The van der Waals surface area contributed by atoms with E-state index in [1.165, 1.54) is 10.9 Å². The smallest absolute Gasteiger partial charge is 0.350 e. The van der Waals surface area contributed by atoms with E-state index in [1.807, 2.05) is 0 Å². The first kappa shape index (κ1) is 13.4. The number of nitrogens with one attached hydrogen (secondary N) is 1. The lowest BCUT2D eigenvalue weighted by Crippen LogP contribution is -2.28. The Bertz CT molecular complexity index is 375. The van der Waals surface area contributed by atoms with Crippen LogP contribution in [0.15, 0.2) is 6.20 Å². The molecule has 1 rings (SSSR count). The standard InChI is InChI=1S/C8H12F3N5O/c9-8(10,11)1-3-13-7(17)6-5-16(4-2-12)15-14-6/h5H,1-4,12H2,(H,13,17). The Labute approximate surface area is 95.0 Å². The summed E-state index contributed by atoms with van der Waals surface area (Å²) in [6, 6.07) is 0. The second-order valence-electron chi connectivity index (χ2n) is 3.28. The van der Waals surface area contributed by atoms with Crippen LogP contribution < -0.4 is 11.1 Å². The van der Waals surface area contributed by atoms with Crippen molar-refractivity contribution in [2.45, 2.75) is 19.1 Å². The normalized spacial score (nSPS) is 11.5. The maximum absolute atomic E-state index is 11.8. The van der Waals surface area contributed by atoms with Gasteiger partial charge < -0.3 is 11.1 Å². The number of alkyl halides is 3. The number of aromatic nitrogens is 3. The van der Waals surface area contributed by atoms with Gasteiger partial charge in [-0.25, -0.2) is 0 Å². The summed E-state index contributed by atoms with van der Waals surface area (Å²) >= 11 is 0. The van der Waals surface area contributed by atoms with Crippen molar-refractivity contribution < 1.29 is 18.0 Å². The molecule has 1 heterocycles. The Hall–Kier alpha value is -1.64. The van der Waals surface area contributed by atoms with E-state index in [-0.39, 0.29) is 5.69 Å². The van der Waals surface area contributed by atoms with Gasteiger partial charge in [0.05, 0.1) is 19.2 Å². The predicted octanol–water partition coefficient (Wildman–Crippen LogP) is -0.0810. The highest BCUT2D eigenvalue weighted by Gasteiger charge is 2.26. The number of rotatable bonds is 5. The molecule has 0 radical (unpaired) electrons. The van der Waals surface area contributed by atoms with Crippen LogP contribution in [0, 0.1) is 0 Å². The van der Waals surface area contributed by atoms with Gasteiger partial charge in [0, 0.05) is 13.1 Å². The van der Waals surface area contributed by atoms with Crippen molar-refractivity contribution in [3.05, 3.63) is 11.9 Å². The molecule has 3 N–H and O–H groups in total. The van der Waals surface area contributed by atoms with Crippen molar-refractivity contribution in [3.63, 3.8) is 0 Å². The second kappa shape index (κ2) is 5.62. The highest BCUT2D eigenvalue weighted by atomic mass is 19.4. The summed E-state index contributed by atoms with van der Waals surface area (Å²) < 4.78 is 36.8. The number of nitrogens with zero attached hydrogens (tertiary/aromatic N) is 3.